The molecule has 0 aromatic heterocycles. The van der Waals surface area contributed by atoms with Crippen LogP contribution in [-0.2, 0) is 0 Å². The van der Waals surface area contributed by atoms with E-state index in [1.54, 1.807) is 12.1 Å². The van der Waals surface area contributed by atoms with Crippen LogP contribution in [0.3, 0.4) is 0 Å². The minimum absolute atomic E-state index is 0.669. The lowest BCUT2D eigenvalue weighted by molar-refractivity contribution is 1.48. The van der Waals surface area contributed by atoms with Crippen LogP contribution >= 0.6 is 24.0 Å². The van der Waals surface area contributed by atoms with E-state index in [2.05, 4.69) is 6.07 Å². The fourth-order valence-corrected chi connectivity index (χ4v) is 1.31. The number of thiocarbonyl (C=S) groups is 1. The molecule has 0 atom stereocenters. The smallest absolute Gasteiger partial charge is 0.0991 e. The van der Waals surface area contributed by atoms with Crippen LogP contribution in [0.5, 0.6) is 0 Å². The molecule has 0 aliphatic carbocycles. The fourth-order valence-electron chi connectivity index (χ4n) is 0.799. The standard InChI is InChI=1S/C9H7NS2.C2H6/c1-12-9(11)8-4-2-7(6-10)3-5-8;1-2/h2-5H,1H3;1-2H3. The second-order valence-corrected chi connectivity index (χ2v) is 3.66. The van der Waals surface area contributed by atoms with Crippen LogP contribution in [-0.4, -0.2) is 10.5 Å². The predicted octanol–water partition coefficient (Wildman–Crippen LogP) is 3.62. The normalized spacial score (nSPS) is 8.14. The zero-order valence-corrected chi connectivity index (χ0v) is 10.2. The van der Waals surface area contributed by atoms with Crippen molar-refractivity contribution in [3.63, 3.8) is 0 Å². The Labute approximate surface area is 95.1 Å². The van der Waals surface area contributed by atoms with Crippen molar-refractivity contribution in [2.45, 2.75) is 13.8 Å². The molecule has 0 aliphatic rings. The minimum Gasteiger partial charge on any atom is -0.192 e. The van der Waals surface area contributed by atoms with Crippen molar-refractivity contribution in [2.24, 2.45) is 0 Å². The van der Waals surface area contributed by atoms with Crippen molar-refractivity contribution in [1.82, 2.24) is 0 Å². The topological polar surface area (TPSA) is 23.8 Å². The first-order valence-electron chi connectivity index (χ1n) is 4.36. The van der Waals surface area contributed by atoms with Gasteiger partial charge < -0.3 is 0 Å². The molecule has 0 heterocycles. The number of hydrogen-bond donors (Lipinski definition) is 0. The molecule has 1 rings (SSSR count). The van der Waals surface area contributed by atoms with Gasteiger partial charge in [0.05, 0.1) is 15.8 Å². The van der Waals surface area contributed by atoms with Crippen molar-refractivity contribution < 1.29 is 0 Å². The first-order valence-corrected chi connectivity index (χ1v) is 5.99. The van der Waals surface area contributed by atoms with Crippen LogP contribution in [0.15, 0.2) is 24.3 Å². The van der Waals surface area contributed by atoms with E-state index < -0.39 is 0 Å². The van der Waals surface area contributed by atoms with Crippen LogP contribution in [0.25, 0.3) is 0 Å². The van der Waals surface area contributed by atoms with Gasteiger partial charge in [0, 0.05) is 0 Å². The summed E-state index contributed by atoms with van der Waals surface area (Å²) in [6.45, 7) is 4.00. The highest BCUT2D eigenvalue weighted by atomic mass is 32.2. The Morgan fingerprint density at radius 3 is 2.14 bits per heavy atom. The summed E-state index contributed by atoms with van der Waals surface area (Å²) in [5, 5.41) is 8.54. The molecule has 0 N–H and O–H groups in total. The van der Waals surface area contributed by atoms with Gasteiger partial charge in [0.15, 0.2) is 0 Å². The second-order valence-electron chi connectivity index (χ2n) is 2.18. The zero-order chi connectivity index (χ0) is 11.0. The SMILES string of the molecule is CC.CSC(=S)c1ccc(C#N)cc1. The van der Waals surface area contributed by atoms with E-state index in [-0.39, 0.29) is 0 Å². The maximum absolute atomic E-state index is 8.54. The van der Waals surface area contributed by atoms with Gasteiger partial charge in [0.1, 0.15) is 0 Å². The Kier molecular flexibility index (Phi) is 7.09. The van der Waals surface area contributed by atoms with E-state index >= 15 is 0 Å². The molecular weight excluding hydrogens is 210 g/mol. The molecular formula is C11H13NS2. The molecule has 0 radical (unpaired) electrons. The predicted molar refractivity (Wildman–Crippen MR) is 67.7 cm³/mol. The summed E-state index contributed by atoms with van der Waals surface area (Å²) in [5.41, 5.74) is 1.68. The number of nitrogens with zero attached hydrogens (tertiary/aromatic N) is 1. The van der Waals surface area contributed by atoms with Gasteiger partial charge in [0.2, 0.25) is 0 Å². The molecule has 0 fully saturated rings. The lowest BCUT2D eigenvalue weighted by Gasteiger charge is -1.98. The van der Waals surface area contributed by atoms with Gasteiger partial charge in [-0.15, -0.1) is 11.8 Å². The van der Waals surface area contributed by atoms with Gasteiger partial charge in [-0.25, -0.2) is 0 Å². The molecule has 0 unspecified atom stereocenters. The number of hydrogen-bond acceptors (Lipinski definition) is 3. The van der Waals surface area contributed by atoms with Gasteiger partial charge in [-0.3, -0.25) is 0 Å². The van der Waals surface area contributed by atoms with Gasteiger partial charge in [0.25, 0.3) is 0 Å². The maximum atomic E-state index is 8.54. The number of nitriles is 1. The highest BCUT2D eigenvalue weighted by molar-refractivity contribution is 8.23. The van der Waals surface area contributed by atoms with Crippen molar-refractivity contribution >= 4 is 28.2 Å². The van der Waals surface area contributed by atoms with Gasteiger partial charge in [-0.1, -0.05) is 38.2 Å². The Hall–Kier alpha value is -0.850. The minimum atomic E-state index is 0.669. The Morgan fingerprint density at radius 1 is 1.29 bits per heavy atom. The van der Waals surface area contributed by atoms with Crippen molar-refractivity contribution in [3.05, 3.63) is 35.4 Å². The van der Waals surface area contributed by atoms with Gasteiger partial charge in [-0.05, 0) is 24.0 Å². The zero-order valence-electron chi connectivity index (χ0n) is 8.57. The average Bonchev–Trinajstić information content (AvgIpc) is 2.31. The Morgan fingerprint density at radius 2 is 1.79 bits per heavy atom. The molecule has 3 heteroatoms. The number of thioether (sulfide) groups is 1. The lowest BCUT2D eigenvalue weighted by Crippen LogP contribution is -1.89. The van der Waals surface area contributed by atoms with E-state index in [9.17, 15) is 0 Å². The third-order valence-electron chi connectivity index (χ3n) is 1.44. The van der Waals surface area contributed by atoms with E-state index in [0.717, 1.165) is 9.76 Å². The molecule has 14 heavy (non-hydrogen) atoms. The summed E-state index contributed by atoms with van der Waals surface area (Å²) in [6, 6.07) is 9.36. The van der Waals surface area contributed by atoms with Crippen LogP contribution in [0.1, 0.15) is 25.0 Å². The Bertz CT molecular complexity index is 322. The van der Waals surface area contributed by atoms with Crippen LogP contribution in [0.4, 0.5) is 0 Å². The second kappa shape index (κ2) is 7.54. The van der Waals surface area contributed by atoms with E-state index in [4.69, 9.17) is 17.5 Å². The summed E-state index contributed by atoms with van der Waals surface area (Å²) in [6.07, 6.45) is 1.94. The molecule has 1 aromatic rings. The molecule has 0 amide bonds. The van der Waals surface area contributed by atoms with Crippen LogP contribution in [0, 0.1) is 11.3 Å². The highest BCUT2D eigenvalue weighted by Gasteiger charge is 1.97. The highest BCUT2D eigenvalue weighted by Crippen LogP contribution is 2.11. The first kappa shape index (κ1) is 13.2. The Balaban J connectivity index is 0.000000791. The number of benzene rings is 1. The summed E-state index contributed by atoms with van der Waals surface area (Å²) < 4.78 is 0.861. The third-order valence-corrected chi connectivity index (χ3v) is 2.78. The summed E-state index contributed by atoms with van der Waals surface area (Å²) in [5.74, 6) is 0. The molecule has 1 nitrogen and oxygen atoms in total. The summed E-state index contributed by atoms with van der Waals surface area (Å²) >= 11 is 6.62. The largest absolute Gasteiger partial charge is 0.192 e. The number of rotatable bonds is 1. The molecule has 0 bridgehead atoms. The quantitative estimate of drug-likeness (QED) is 0.679. The first-order chi connectivity index (χ1) is 6.77. The molecule has 1 aromatic carbocycles. The molecule has 0 saturated heterocycles. The average molecular weight is 223 g/mol. The molecule has 0 saturated carbocycles. The fraction of sp³-hybridized carbons (Fsp3) is 0.273. The maximum Gasteiger partial charge on any atom is 0.0991 e. The van der Waals surface area contributed by atoms with Gasteiger partial charge >= 0.3 is 0 Å². The van der Waals surface area contributed by atoms with Gasteiger partial charge in [-0.2, -0.15) is 5.26 Å². The molecule has 0 spiro atoms. The van der Waals surface area contributed by atoms with E-state index in [0.29, 0.717) is 5.56 Å². The molecule has 74 valence electrons. The monoisotopic (exact) mass is 223 g/mol. The third kappa shape index (κ3) is 3.91. The lowest BCUT2D eigenvalue weighted by atomic mass is 10.2. The summed E-state index contributed by atoms with van der Waals surface area (Å²) in [7, 11) is 0. The molecule has 0 aliphatic heterocycles. The van der Waals surface area contributed by atoms with Crippen LogP contribution < -0.4 is 0 Å². The van der Waals surface area contributed by atoms with Crippen molar-refractivity contribution in [2.75, 3.05) is 6.26 Å². The van der Waals surface area contributed by atoms with E-state index in [1.807, 2.05) is 32.2 Å². The van der Waals surface area contributed by atoms with Crippen LogP contribution in [0.2, 0.25) is 0 Å². The van der Waals surface area contributed by atoms with Crippen molar-refractivity contribution in [3.8, 4) is 6.07 Å². The van der Waals surface area contributed by atoms with Crippen molar-refractivity contribution in [1.29, 1.82) is 5.26 Å². The summed E-state index contributed by atoms with van der Waals surface area (Å²) in [4.78, 5) is 0. The van der Waals surface area contributed by atoms with E-state index in [1.165, 1.54) is 11.8 Å².